The fourth-order valence-corrected chi connectivity index (χ4v) is 6.90. The molecule has 0 radical (unpaired) electrons. The first kappa shape index (κ1) is 28.4. The van der Waals surface area contributed by atoms with Gasteiger partial charge in [-0.3, -0.25) is 14.5 Å². The van der Waals surface area contributed by atoms with Gasteiger partial charge in [0.2, 0.25) is 20.8 Å². The van der Waals surface area contributed by atoms with E-state index >= 15 is 0 Å². The summed E-state index contributed by atoms with van der Waals surface area (Å²) in [5.74, 6) is 0.629. The van der Waals surface area contributed by atoms with E-state index in [1.165, 1.54) is 4.52 Å². The van der Waals surface area contributed by atoms with Crippen LogP contribution in [-0.4, -0.2) is 78.9 Å². The number of carbonyl (C=O) groups is 1. The first-order chi connectivity index (χ1) is 20.6. The van der Waals surface area contributed by atoms with E-state index < -0.39 is 15.4 Å². The third-order valence-electron chi connectivity index (χ3n) is 7.67. The molecule has 12 nitrogen and oxygen atoms in total. The van der Waals surface area contributed by atoms with Crippen molar-refractivity contribution in [1.29, 1.82) is 0 Å². The van der Waals surface area contributed by atoms with Gasteiger partial charge in [-0.15, -0.1) is 5.10 Å². The van der Waals surface area contributed by atoms with Crippen molar-refractivity contribution in [3.63, 3.8) is 0 Å². The zero-order chi connectivity index (χ0) is 30.3. The van der Waals surface area contributed by atoms with E-state index in [2.05, 4.69) is 30.4 Å². The Labute approximate surface area is 247 Å². The number of nitrogens with one attached hydrogen (secondary N) is 2. The van der Waals surface area contributed by atoms with Crippen molar-refractivity contribution in [3.8, 4) is 5.75 Å². The second-order valence-corrected chi connectivity index (χ2v) is 12.4. The average molecular weight is 602 g/mol. The summed E-state index contributed by atoms with van der Waals surface area (Å²) in [6.45, 7) is 6.55. The van der Waals surface area contributed by atoms with Gasteiger partial charge in [0.15, 0.2) is 5.65 Å². The second-order valence-electron chi connectivity index (χ2n) is 10.6. The van der Waals surface area contributed by atoms with E-state index in [1.807, 2.05) is 19.1 Å². The highest BCUT2D eigenvalue weighted by molar-refractivity contribution is 7.91. The lowest BCUT2D eigenvalue weighted by Crippen LogP contribution is -2.48. The number of nitrogens with zero attached hydrogens (tertiary/aromatic N) is 5. The van der Waals surface area contributed by atoms with E-state index in [1.54, 1.807) is 62.6 Å². The van der Waals surface area contributed by atoms with Gasteiger partial charge in [-0.05, 0) is 67.9 Å². The number of hydrogen-bond acceptors (Lipinski definition) is 9. The van der Waals surface area contributed by atoms with Gasteiger partial charge in [0.1, 0.15) is 5.75 Å². The molecule has 0 aliphatic carbocycles. The predicted molar refractivity (Wildman–Crippen MR) is 163 cm³/mol. The minimum Gasteiger partial charge on any atom is -0.497 e. The molecule has 2 aromatic heterocycles. The van der Waals surface area contributed by atoms with Crippen LogP contribution in [0, 0.1) is 13.8 Å². The summed E-state index contributed by atoms with van der Waals surface area (Å²) in [6.07, 6.45) is 0. The fraction of sp³-hybridized carbons (Fsp3) is 0.267. The third kappa shape index (κ3) is 5.44. The zero-order valence-corrected chi connectivity index (χ0v) is 24.8. The average Bonchev–Trinajstić information content (AvgIpc) is 3.42. The maximum Gasteiger partial charge on any atom is 0.281 e. The Kier molecular flexibility index (Phi) is 7.36. The Morgan fingerprint density at radius 3 is 2.44 bits per heavy atom. The van der Waals surface area contributed by atoms with Crippen molar-refractivity contribution in [2.45, 2.75) is 23.8 Å². The zero-order valence-electron chi connectivity index (χ0n) is 24.0. The van der Waals surface area contributed by atoms with Crippen LogP contribution in [0.1, 0.15) is 11.1 Å². The van der Waals surface area contributed by atoms with Crippen molar-refractivity contribution in [2.75, 3.05) is 50.1 Å². The molecule has 222 valence electrons. The number of aromatic amines is 1. The van der Waals surface area contributed by atoms with Crippen LogP contribution in [-0.2, 0) is 14.6 Å². The Bertz CT molecular complexity index is 2010. The van der Waals surface area contributed by atoms with Crippen LogP contribution in [0.3, 0.4) is 0 Å². The van der Waals surface area contributed by atoms with Crippen LogP contribution < -0.4 is 20.5 Å². The predicted octanol–water partition coefficient (Wildman–Crippen LogP) is 2.79. The molecule has 5 aromatic rings. The molecule has 1 aliphatic heterocycles. The number of ether oxygens (including phenoxy) is 1. The van der Waals surface area contributed by atoms with Gasteiger partial charge in [-0.1, -0.05) is 17.7 Å². The number of aryl methyl sites for hydroxylation is 2. The van der Waals surface area contributed by atoms with Crippen LogP contribution in [0.2, 0.25) is 0 Å². The highest BCUT2D eigenvalue weighted by atomic mass is 32.2. The number of piperazine rings is 1. The number of fused-ring (bicyclic) bond motifs is 3. The monoisotopic (exact) mass is 601 g/mol. The van der Waals surface area contributed by atoms with E-state index in [-0.39, 0.29) is 28.0 Å². The largest absolute Gasteiger partial charge is 0.497 e. The lowest BCUT2D eigenvalue weighted by atomic mass is 10.2. The van der Waals surface area contributed by atoms with Gasteiger partial charge in [-0.25, -0.2) is 18.1 Å². The standard InChI is InChI=1S/C30H31N7O5S/c1-19-4-11-26(20(2)16-19)43(40,41)30-28-32-29(39)24-10-7-22(17-25(24)37(28)34-33-30)36-14-12-35(13-15-36)18-27(38)31-21-5-8-23(42-3)9-6-21/h4-11,16-17,34H,12-15,18H2,1-3H3,(H,31,38). The molecule has 2 N–H and O–H groups in total. The molecule has 0 unspecified atom stereocenters. The molecule has 6 rings (SSSR count). The minimum atomic E-state index is -4.04. The van der Waals surface area contributed by atoms with Crippen molar-refractivity contribution in [3.05, 3.63) is 82.1 Å². The van der Waals surface area contributed by atoms with Crippen molar-refractivity contribution >= 4 is 43.7 Å². The molecule has 1 saturated heterocycles. The molecule has 0 spiro atoms. The normalized spacial score (nSPS) is 14.3. The number of anilines is 2. The van der Waals surface area contributed by atoms with Crippen molar-refractivity contribution in [1.82, 2.24) is 24.7 Å². The first-order valence-electron chi connectivity index (χ1n) is 13.8. The Morgan fingerprint density at radius 1 is 1.00 bits per heavy atom. The Hall–Kier alpha value is -4.75. The summed E-state index contributed by atoms with van der Waals surface area (Å²) in [5.41, 5.74) is 2.99. The topological polar surface area (TPSA) is 142 Å². The SMILES string of the molecule is COc1ccc(NC(=O)CN2CCN(c3ccc4c(=O)nc5c(S(=O)(=O)c6ccc(C)cc6C)n[nH]n5c4c3)CC2)cc1. The molecular formula is C30H31N7O5S. The molecule has 0 atom stereocenters. The molecule has 43 heavy (non-hydrogen) atoms. The molecule has 1 amide bonds. The van der Waals surface area contributed by atoms with Crippen LogP contribution in [0.5, 0.6) is 5.75 Å². The number of amides is 1. The summed E-state index contributed by atoms with van der Waals surface area (Å²) in [5, 5.41) is 9.81. The number of aromatic nitrogens is 4. The number of rotatable bonds is 7. The Balaban J connectivity index is 1.21. The lowest BCUT2D eigenvalue weighted by Gasteiger charge is -2.35. The van der Waals surface area contributed by atoms with E-state index in [0.29, 0.717) is 48.3 Å². The number of carbonyl (C=O) groups excluding carboxylic acids is 1. The van der Waals surface area contributed by atoms with E-state index in [4.69, 9.17) is 4.74 Å². The van der Waals surface area contributed by atoms with Gasteiger partial charge in [0.25, 0.3) is 5.56 Å². The van der Waals surface area contributed by atoms with Crippen molar-refractivity contribution in [2.24, 2.45) is 0 Å². The summed E-state index contributed by atoms with van der Waals surface area (Å²) in [4.78, 5) is 34.0. The fourth-order valence-electron chi connectivity index (χ4n) is 5.42. The molecule has 1 fully saturated rings. The smallest absolute Gasteiger partial charge is 0.281 e. The minimum absolute atomic E-state index is 0.0534. The van der Waals surface area contributed by atoms with Crippen LogP contribution in [0.25, 0.3) is 16.6 Å². The highest BCUT2D eigenvalue weighted by Gasteiger charge is 2.28. The number of H-pyrrole nitrogens is 1. The third-order valence-corrected chi connectivity index (χ3v) is 9.49. The van der Waals surface area contributed by atoms with Gasteiger partial charge >= 0.3 is 0 Å². The van der Waals surface area contributed by atoms with Crippen LogP contribution in [0.15, 0.2) is 75.4 Å². The lowest BCUT2D eigenvalue weighted by molar-refractivity contribution is -0.117. The molecule has 1 aliphatic rings. The number of sulfone groups is 1. The molecule has 3 heterocycles. The maximum atomic E-state index is 13.6. The highest BCUT2D eigenvalue weighted by Crippen LogP contribution is 2.28. The number of hydrogen-bond donors (Lipinski definition) is 2. The van der Waals surface area contributed by atoms with Gasteiger partial charge in [-0.2, -0.15) is 4.98 Å². The molecule has 0 bridgehead atoms. The number of methoxy groups -OCH3 is 1. The summed E-state index contributed by atoms with van der Waals surface area (Å²) < 4.78 is 33.7. The summed E-state index contributed by atoms with van der Waals surface area (Å²) >= 11 is 0. The molecular weight excluding hydrogens is 570 g/mol. The van der Waals surface area contributed by atoms with Gasteiger partial charge in [0, 0.05) is 37.6 Å². The van der Waals surface area contributed by atoms with Gasteiger partial charge in [0.05, 0.1) is 29.5 Å². The maximum absolute atomic E-state index is 13.6. The summed E-state index contributed by atoms with van der Waals surface area (Å²) in [6, 6.07) is 17.6. The van der Waals surface area contributed by atoms with E-state index in [9.17, 15) is 18.0 Å². The van der Waals surface area contributed by atoms with Crippen LogP contribution >= 0.6 is 0 Å². The number of benzene rings is 3. The summed E-state index contributed by atoms with van der Waals surface area (Å²) in [7, 11) is -2.45. The van der Waals surface area contributed by atoms with E-state index in [0.717, 1.165) is 17.0 Å². The molecule has 3 aromatic carbocycles. The van der Waals surface area contributed by atoms with Crippen molar-refractivity contribution < 1.29 is 17.9 Å². The first-order valence-corrected chi connectivity index (χ1v) is 15.3. The van der Waals surface area contributed by atoms with Crippen LogP contribution in [0.4, 0.5) is 11.4 Å². The quantitative estimate of drug-likeness (QED) is 0.288. The van der Waals surface area contributed by atoms with Gasteiger partial charge < -0.3 is 15.0 Å². The molecule has 13 heteroatoms. The molecule has 0 saturated carbocycles. The second kappa shape index (κ2) is 11.2. The Morgan fingerprint density at radius 2 is 1.74 bits per heavy atom.